The number of primary amides is 1. The number of benzene rings is 1. The summed E-state index contributed by atoms with van der Waals surface area (Å²) in [7, 11) is 0. The third-order valence-corrected chi connectivity index (χ3v) is 7.78. The van der Waals surface area contributed by atoms with Crippen LogP contribution in [0.2, 0.25) is 0 Å². The van der Waals surface area contributed by atoms with Gasteiger partial charge in [0.2, 0.25) is 0 Å². The number of ether oxygens (including phenoxy) is 1. The lowest BCUT2D eigenvalue weighted by atomic mass is 10.0. The summed E-state index contributed by atoms with van der Waals surface area (Å²) in [5.74, 6) is -0.956. The first kappa shape index (κ1) is 28.8. The van der Waals surface area contributed by atoms with E-state index in [9.17, 15) is 22.8 Å². The number of alkyl halides is 3. The van der Waals surface area contributed by atoms with E-state index in [-0.39, 0.29) is 38.8 Å². The molecule has 0 aliphatic carbocycles. The molecule has 4 aromatic heterocycles. The van der Waals surface area contributed by atoms with Crippen molar-refractivity contribution in [2.45, 2.75) is 47.1 Å². The van der Waals surface area contributed by atoms with Gasteiger partial charge < -0.3 is 15.8 Å². The lowest BCUT2D eigenvalue weighted by Crippen LogP contribution is -2.18. The second-order valence-corrected chi connectivity index (χ2v) is 10.6. The van der Waals surface area contributed by atoms with Gasteiger partial charge in [-0.2, -0.15) is 23.4 Å². The number of carbonyl (C=O) groups excluding carboxylic acids is 2. The topological polar surface area (TPSA) is 130 Å². The molecule has 0 atom stereocenters. The molecule has 42 heavy (non-hydrogen) atoms. The summed E-state index contributed by atoms with van der Waals surface area (Å²) >= 11 is 0.667. The van der Waals surface area contributed by atoms with Crippen molar-refractivity contribution in [3.8, 4) is 16.9 Å². The molecule has 0 bridgehead atoms. The Kier molecular flexibility index (Phi) is 7.49. The van der Waals surface area contributed by atoms with Crippen LogP contribution < -0.4 is 15.8 Å². The van der Waals surface area contributed by atoms with Crippen LogP contribution in [0.25, 0.3) is 21.3 Å². The number of fused-ring (bicyclic) bond motifs is 1. The van der Waals surface area contributed by atoms with Crippen LogP contribution in [0.1, 0.15) is 49.6 Å². The maximum Gasteiger partial charge on any atom is 0.433 e. The van der Waals surface area contributed by atoms with Crippen LogP contribution in [-0.4, -0.2) is 36.4 Å². The number of aromatic nitrogens is 5. The van der Waals surface area contributed by atoms with Crippen LogP contribution in [-0.2, 0) is 19.5 Å². The summed E-state index contributed by atoms with van der Waals surface area (Å²) < 4.78 is 50.4. The maximum absolute atomic E-state index is 13.8. The van der Waals surface area contributed by atoms with E-state index >= 15 is 0 Å². The monoisotopic (exact) mass is 597 g/mol. The fourth-order valence-electron chi connectivity index (χ4n) is 4.51. The van der Waals surface area contributed by atoms with E-state index < -0.39 is 23.7 Å². The van der Waals surface area contributed by atoms with E-state index in [1.807, 2.05) is 39.0 Å². The Balaban J connectivity index is 1.54. The summed E-state index contributed by atoms with van der Waals surface area (Å²) in [6.07, 6.45) is -1.77. The molecule has 4 heterocycles. The number of nitrogens with zero attached hydrogens (tertiary/aromatic N) is 5. The van der Waals surface area contributed by atoms with Gasteiger partial charge in [-0.25, -0.2) is 9.67 Å². The van der Waals surface area contributed by atoms with Gasteiger partial charge in [0.1, 0.15) is 21.2 Å². The quantitative estimate of drug-likeness (QED) is 0.236. The number of carbonyl (C=O) groups is 2. The Bertz CT molecular complexity index is 1840. The molecule has 3 N–H and O–H groups in total. The summed E-state index contributed by atoms with van der Waals surface area (Å²) in [5.41, 5.74) is 7.46. The summed E-state index contributed by atoms with van der Waals surface area (Å²) in [6.45, 7) is 7.94. The minimum Gasteiger partial charge on any atom is -0.471 e. The van der Waals surface area contributed by atoms with Crippen molar-refractivity contribution in [3.05, 3.63) is 75.8 Å². The Morgan fingerprint density at radius 3 is 2.55 bits per heavy atom. The molecular weight excluding hydrogens is 571 g/mol. The molecule has 0 saturated heterocycles. The number of hydrogen-bond donors (Lipinski definition) is 2. The number of rotatable bonds is 8. The molecule has 0 saturated carbocycles. The molecule has 0 unspecified atom stereocenters. The molecule has 1 aromatic carbocycles. The normalized spacial score (nSPS) is 11.7. The number of aryl methyl sites for hydroxylation is 3. The van der Waals surface area contributed by atoms with Crippen LogP contribution >= 0.6 is 11.3 Å². The van der Waals surface area contributed by atoms with Crippen molar-refractivity contribution < 1.29 is 27.5 Å². The predicted octanol–water partition coefficient (Wildman–Crippen LogP) is 5.71. The molecule has 0 aliphatic heterocycles. The third kappa shape index (κ3) is 5.44. The van der Waals surface area contributed by atoms with Crippen LogP contribution in [0, 0.1) is 20.8 Å². The van der Waals surface area contributed by atoms with Crippen molar-refractivity contribution in [2.75, 3.05) is 5.32 Å². The SMILES string of the molecule is CCn1ncc(-c2cc(C(F)(F)F)nc3sc(C(N)=O)c(NC(=O)c4ccn(COc5cc(C)ccc5C)n4)c23)c1C. The molecule has 0 spiro atoms. The molecule has 5 rings (SSSR count). The maximum atomic E-state index is 13.8. The first-order chi connectivity index (χ1) is 19.9. The number of pyridine rings is 1. The zero-order chi connectivity index (χ0) is 30.3. The van der Waals surface area contributed by atoms with Gasteiger partial charge in [-0.05, 0) is 62.6 Å². The van der Waals surface area contributed by atoms with Crippen LogP contribution in [0.3, 0.4) is 0 Å². The Morgan fingerprint density at radius 1 is 1.12 bits per heavy atom. The molecule has 14 heteroatoms. The molecular formula is C28H26F3N7O3S. The average molecular weight is 598 g/mol. The average Bonchev–Trinajstić information content (AvgIpc) is 3.65. The summed E-state index contributed by atoms with van der Waals surface area (Å²) in [5, 5.41) is 11.3. The molecule has 2 amide bonds. The number of anilines is 1. The lowest BCUT2D eigenvalue weighted by Gasteiger charge is -2.12. The van der Waals surface area contributed by atoms with Crippen molar-refractivity contribution in [1.82, 2.24) is 24.5 Å². The van der Waals surface area contributed by atoms with E-state index in [1.54, 1.807) is 17.8 Å². The Labute approximate surface area is 241 Å². The minimum atomic E-state index is -4.76. The van der Waals surface area contributed by atoms with E-state index in [0.29, 0.717) is 34.9 Å². The van der Waals surface area contributed by atoms with E-state index in [2.05, 4.69) is 20.5 Å². The van der Waals surface area contributed by atoms with Gasteiger partial charge in [0, 0.05) is 29.4 Å². The zero-order valence-electron chi connectivity index (χ0n) is 23.0. The van der Waals surface area contributed by atoms with Crippen molar-refractivity contribution in [1.29, 1.82) is 0 Å². The number of thiophene rings is 1. The zero-order valence-corrected chi connectivity index (χ0v) is 23.9. The van der Waals surface area contributed by atoms with Gasteiger partial charge in [0.05, 0.1) is 11.9 Å². The first-order valence-corrected chi connectivity index (χ1v) is 13.6. The van der Waals surface area contributed by atoms with Gasteiger partial charge >= 0.3 is 6.18 Å². The number of amides is 2. The van der Waals surface area contributed by atoms with Gasteiger partial charge in [-0.1, -0.05) is 12.1 Å². The lowest BCUT2D eigenvalue weighted by molar-refractivity contribution is -0.140. The smallest absolute Gasteiger partial charge is 0.433 e. The highest BCUT2D eigenvalue weighted by molar-refractivity contribution is 7.21. The molecule has 0 fully saturated rings. The molecule has 5 aromatic rings. The van der Waals surface area contributed by atoms with E-state index in [4.69, 9.17) is 10.5 Å². The highest BCUT2D eigenvalue weighted by Gasteiger charge is 2.35. The number of hydrogen-bond acceptors (Lipinski definition) is 7. The van der Waals surface area contributed by atoms with Gasteiger partial charge in [0.15, 0.2) is 12.4 Å². The second-order valence-electron chi connectivity index (χ2n) is 9.60. The molecule has 10 nitrogen and oxygen atoms in total. The molecule has 0 aliphatic rings. The van der Waals surface area contributed by atoms with E-state index in [0.717, 1.165) is 17.2 Å². The second kappa shape index (κ2) is 10.9. The molecule has 0 radical (unpaired) electrons. The van der Waals surface area contributed by atoms with Crippen molar-refractivity contribution in [3.63, 3.8) is 0 Å². The highest BCUT2D eigenvalue weighted by atomic mass is 32.1. The largest absolute Gasteiger partial charge is 0.471 e. The Morgan fingerprint density at radius 2 is 1.88 bits per heavy atom. The van der Waals surface area contributed by atoms with Crippen molar-refractivity contribution >= 4 is 39.1 Å². The number of halogens is 3. The number of nitrogens with two attached hydrogens (primary N) is 1. The Hall–Kier alpha value is -4.72. The molecule has 218 valence electrons. The highest BCUT2D eigenvalue weighted by Crippen LogP contribution is 2.44. The van der Waals surface area contributed by atoms with Crippen LogP contribution in [0.15, 0.2) is 42.7 Å². The van der Waals surface area contributed by atoms with E-state index in [1.165, 1.54) is 16.9 Å². The van der Waals surface area contributed by atoms with Gasteiger partial charge in [-0.15, -0.1) is 11.3 Å². The fourth-order valence-corrected chi connectivity index (χ4v) is 5.52. The first-order valence-electron chi connectivity index (χ1n) is 12.8. The van der Waals surface area contributed by atoms with Gasteiger partial charge in [-0.3, -0.25) is 14.3 Å². The predicted molar refractivity (Wildman–Crippen MR) is 151 cm³/mol. The summed E-state index contributed by atoms with van der Waals surface area (Å²) in [4.78, 5) is 29.2. The van der Waals surface area contributed by atoms with Crippen LogP contribution in [0.4, 0.5) is 18.9 Å². The fraction of sp³-hybridized carbons (Fsp3) is 0.250. The van der Waals surface area contributed by atoms with Crippen LogP contribution in [0.5, 0.6) is 5.75 Å². The van der Waals surface area contributed by atoms with Gasteiger partial charge in [0.25, 0.3) is 11.8 Å². The summed E-state index contributed by atoms with van der Waals surface area (Å²) in [6, 6.07) is 8.13. The standard InChI is InChI=1S/C28H26F3N7O3S/c1-5-38-16(4)18(12-33-38)17-11-21(28(29,30)31)34-27-22(17)23(24(42-27)25(32)39)35-26(40)19-8-9-37(36-19)13-41-20-10-14(2)6-7-15(20)3/h6-12H,5,13H2,1-4H3,(H2,32,39)(H,35,40). The minimum absolute atomic E-state index is 0.00858. The van der Waals surface area contributed by atoms with Crippen molar-refractivity contribution in [2.24, 2.45) is 5.73 Å². The third-order valence-electron chi connectivity index (χ3n) is 6.68. The number of nitrogens with one attached hydrogen (secondary N) is 1.